The van der Waals surface area contributed by atoms with Crippen molar-refractivity contribution < 1.29 is 4.79 Å². The van der Waals surface area contributed by atoms with Gasteiger partial charge in [0.25, 0.3) is 5.91 Å². The van der Waals surface area contributed by atoms with Crippen LogP contribution in [0.3, 0.4) is 0 Å². The Balaban J connectivity index is 2.02. The predicted molar refractivity (Wildman–Crippen MR) is 86.0 cm³/mol. The summed E-state index contributed by atoms with van der Waals surface area (Å²) in [5.41, 5.74) is 7.47. The highest BCUT2D eigenvalue weighted by Crippen LogP contribution is 2.28. The van der Waals surface area contributed by atoms with Crippen molar-refractivity contribution in [1.82, 2.24) is 9.97 Å². The van der Waals surface area contributed by atoms with E-state index in [1.807, 2.05) is 12.1 Å². The van der Waals surface area contributed by atoms with Gasteiger partial charge in [-0.05, 0) is 25.1 Å². The lowest BCUT2D eigenvalue weighted by atomic mass is 10.2. The van der Waals surface area contributed by atoms with Crippen LogP contribution in [-0.2, 0) is 0 Å². The first kappa shape index (κ1) is 13.8. The number of thiazole rings is 1. The fraction of sp³-hybridized carbons (Fsp3) is 0.0714. The third-order valence-electron chi connectivity index (χ3n) is 2.94. The third-order valence-corrected chi connectivity index (χ3v) is 4.14. The number of carbonyl (C=O) groups is 1. The maximum Gasteiger partial charge on any atom is 0.267 e. The lowest BCUT2D eigenvalue weighted by molar-refractivity contribution is 0.103. The molecule has 1 amide bonds. The molecule has 0 fully saturated rings. The van der Waals surface area contributed by atoms with Crippen LogP contribution < -0.4 is 11.1 Å². The standard InChI is InChI=1S/C14H11ClN4OS/c1-7-12(21-14(16)18-7)13(20)19-10-6-9(15)5-8-3-2-4-17-11(8)10/h2-6H,1H3,(H2,16,18)(H,19,20). The summed E-state index contributed by atoms with van der Waals surface area (Å²) in [6.07, 6.45) is 1.67. The number of hydrogen-bond donors (Lipinski definition) is 2. The summed E-state index contributed by atoms with van der Waals surface area (Å²) in [5.74, 6) is -0.268. The van der Waals surface area contributed by atoms with Gasteiger partial charge in [-0.2, -0.15) is 0 Å². The molecule has 0 saturated heterocycles. The highest BCUT2D eigenvalue weighted by atomic mass is 35.5. The van der Waals surface area contributed by atoms with Gasteiger partial charge < -0.3 is 11.1 Å². The zero-order valence-electron chi connectivity index (χ0n) is 11.1. The Bertz CT molecular complexity index is 846. The highest BCUT2D eigenvalue weighted by molar-refractivity contribution is 7.17. The van der Waals surface area contributed by atoms with Crippen molar-refractivity contribution in [3.05, 3.63) is 46.1 Å². The minimum atomic E-state index is -0.268. The maximum atomic E-state index is 12.3. The second-order valence-electron chi connectivity index (χ2n) is 4.45. The number of anilines is 2. The van der Waals surface area contributed by atoms with E-state index in [4.69, 9.17) is 17.3 Å². The molecule has 21 heavy (non-hydrogen) atoms. The van der Waals surface area contributed by atoms with Gasteiger partial charge in [-0.15, -0.1) is 0 Å². The van der Waals surface area contributed by atoms with Gasteiger partial charge in [0.05, 0.1) is 16.9 Å². The molecule has 0 radical (unpaired) electrons. The van der Waals surface area contributed by atoms with Crippen LogP contribution in [0.5, 0.6) is 0 Å². The molecule has 0 aliphatic carbocycles. The number of amides is 1. The lowest BCUT2D eigenvalue weighted by Crippen LogP contribution is -2.12. The molecule has 1 aromatic carbocycles. The van der Waals surface area contributed by atoms with E-state index in [0.29, 0.717) is 31.9 Å². The van der Waals surface area contributed by atoms with Gasteiger partial charge >= 0.3 is 0 Å². The van der Waals surface area contributed by atoms with Crippen LogP contribution in [0.25, 0.3) is 10.9 Å². The molecule has 2 heterocycles. The summed E-state index contributed by atoms with van der Waals surface area (Å²) < 4.78 is 0. The number of nitrogens with two attached hydrogens (primary N) is 1. The van der Waals surface area contributed by atoms with Gasteiger partial charge in [-0.3, -0.25) is 9.78 Å². The number of benzene rings is 1. The molecule has 5 nitrogen and oxygen atoms in total. The third kappa shape index (κ3) is 2.68. The van der Waals surface area contributed by atoms with E-state index in [1.54, 1.807) is 25.3 Å². The fourth-order valence-electron chi connectivity index (χ4n) is 2.06. The average molecular weight is 319 g/mol. The Morgan fingerprint density at radius 3 is 2.95 bits per heavy atom. The molecule has 0 atom stereocenters. The number of pyridine rings is 1. The molecule has 0 aliphatic rings. The summed E-state index contributed by atoms with van der Waals surface area (Å²) in [6, 6.07) is 7.18. The van der Waals surface area contributed by atoms with Crippen molar-refractivity contribution in [3.63, 3.8) is 0 Å². The molecule has 3 rings (SSSR count). The summed E-state index contributed by atoms with van der Waals surface area (Å²) in [5, 5.41) is 4.59. The lowest BCUT2D eigenvalue weighted by Gasteiger charge is -2.08. The Labute approximate surface area is 129 Å². The van der Waals surface area contributed by atoms with E-state index >= 15 is 0 Å². The molecular formula is C14H11ClN4OS. The molecule has 0 saturated carbocycles. The average Bonchev–Trinajstić information content (AvgIpc) is 2.77. The van der Waals surface area contributed by atoms with Gasteiger partial charge in [0.2, 0.25) is 0 Å². The molecule has 3 aromatic rings. The van der Waals surface area contributed by atoms with Gasteiger partial charge in [0.15, 0.2) is 5.13 Å². The van der Waals surface area contributed by atoms with E-state index in [-0.39, 0.29) is 5.91 Å². The largest absolute Gasteiger partial charge is 0.375 e. The SMILES string of the molecule is Cc1nc(N)sc1C(=O)Nc1cc(Cl)cc2cccnc12. The zero-order valence-corrected chi connectivity index (χ0v) is 12.6. The van der Waals surface area contributed by atoms with Crippen molar-refractivity contribution in [2.45, 2.75) is 6.92 Å². The normalized spacial score (nSPS) is 10.8. The van der Waals surface area contributed by atoms with Crippen molar-refractivity contribution in [2.24, 2.45) is 0 Å². The number of aryl methyl sites for hydroxylation is 1. The van der Waals surface area contributed by atoms with E-state index in [1.165, 1.54) is 0 Å². The van der Waals surface area contributed by atoms with Crippen molar-refractivity contribution in [2.75, 3.05) is 11.1 Å². The minimum Gasteiger partial charge on any atom is -0.375 e. The molecule has 3 N–H and O–H groups in total. The first-order chi connectivity index (χ1) is 10.0. The van der Waals surface area contributed by atoms with E-state index in [2.05, 4.69) is 15.3 Å². The smallest absolute Gasteiger partial charge is 0.267 e. The molecule has 0 spiro atoms. The summed E-state index contributed by atoms with van der Waals surface area (Å²) in [4.78, 5) is 21.2. The van der Waals surface area contributed by atoms with Crippen LogP contribution in [-0.4, -0.2) is 15.9 Å². The van der Waals surface area contributed by atoms with Crippen LogP contribution in [0.1, 0.15) is 15.4 Å². The first-order valence-corrected chi connectivity index (χ1v) is 7.32. The second kappa shape index (κ2) is 5.31. The van der Waals surface area contributed by atoms with Crippen molar-refractivity contribution >= 4 is 50.6 Å². The minimum absolute atomic E-state index is 0.268. The number of nitrogens with zero attached hydrogens (tertiary/aromatic N) is 2. The van der Waals surface area contributed by atoms with Crippen LogP contribution >= 0.6 is 22.9 Å². The van der Waals surface area contributed by atoms with Gasteiger partial charge in [-0.25, -0.2) is 4.98 Å². The Hall–Kier alpha value is -2.18. The van der Waals surface area contributed by atoms with Crippen LogP contribution in [0.15, 0.2) is 30.5 Å². The molecule has 0 bridgehead atoms. The van der Waals surface area contributed by atoms with Crippen LogP contribution in [0.2, 0.25) is 5.02 Å². The number of nitrogen functional groups attached to an aromatic ring is 1. The molecule has 0 aliphatic heterocycles. The number of nitrogens with one attached hydrogen (secondary N) is 1. The van der Waals surface area contributed by atoms with Crippen LogP contribution in [0.4, 0.5) is 10.8 Å². The Kier molecular flexibility index (Phi) is 3.48. The van der Waals surface area contributed by atoms with Crippen molar-refractivity contribution in [3.8, 4) is 0 Å². The van der Waals surface area contributed by atoms with Gasteiger partial charge in [-0.1, -0.05) is 29.0 Å². The Morgan fingerprint density at radius 1 is 1.43 bits per heavy atom. The monoisotopic (exact) mass is 318 g/mol. The number of aromatic nitrogens is 2. The van der Waals surface area contributed by atoms with Crippen molar-refractivity contribution in [1.29, 1.82) is 0 Å². The molecule has 2 aromatic heterocycles. The van der Waals surface area contributed by atoms with E-state index < -0.39 is 0 Å². The number of hydrogen-bond acceptors (Lipinski definition) is 5. The molecule has 106 valence electrons. The topological polar surface area (TPSA) is 80.9 Å². The summed E-state index contributed by atoms with van der Waals surface area (Å²) >= 11 is 7.23. The molecule has 7 heteroatoms. The first-order valence-electron chi connectivity index (χ1n) is 6.13. The number of fused-ring (bicyclic) bond motifs is 1. The number of carbonyl (C=O) groups excluding carboxylic acids is 1. The Morgan fingerprint density at radius 2 is 2.24 bits per heavy atom. The molecule has 0 unspecified atom stereocenters. The van der Waals surface area contributed by atoms with E-state index in [9.17, 15) is 4.79 Å². The fourth-order valence-corrected chi connectivity index (χ4v) is 3.01. The zero-order chi connectivity index (χ0) is 15.0. The summed E-state index contributed by atoms with van der Waals surface area (Å²) in [7, 11) is 0. The number of halogens is 1. The van der Waals surface area contributed by atoms with E-state index in [0.717, 1.165) is 16.7 Å². The number of rotatable bonds is 2. The predicted octanol–water partition coefficient (Wildman–Crippen LogP) is 3.49. The van der Waals surface area contributed by atoms with Gasteiger partial charge in [0.1, 0.15) is 4.88 Å². The van der Waals surface area contributed by atoms with Gasteiger partial charge in [0, 0.05) is 16.6 Å². The highest BCUT2D eigenvalue weighted by Gasteiger charge is 2.16. The summed E-state index contributed by atoms with van der Waals surface area (Å²) in [6.45, 7) is 1.75. The van der Waals surface area contributed by atoms with Crippen LogP contribution in [0, 0.1) is 6.92 Å². The second-order valence-corrected chi connectivity index (χ2v) is 5.92. The molecular weight excluding hydrogens is 308 g/mol. The maximum absolute atomic E-state index is 12.3. The quantitative estimate of drug-likeness (QED) is 0.758.